The highest BCUT2D eigenvalue weighted by Gasteiger charge is 2.07. The molecule has 2 rings (SSSR count). The van der Waals surface area contributed by atoms with E-state index in [0.29, 0.717) is 0 Å². The highest BCUT2D eigenvalue weighted by atomic mass is 16.3. The third-order valence-corrected chi connectivity index (χ3v) is 1.36. The molecular formula is C6H5N5O2. The highest BCUT2D eigenvalue weighted by Crippen LogP contribution is 2.30. The van der Waals surface area contributed by atoms with E-state index in [1.165, 1.54) is 12.4 Å². The molecule has 0 saturated heterocycles. The van der Waals surface area contributed by atoms with E-state index in [2.05, 4.69) is 25.2 Å². The molecule has 0 radical (unpaired) electrons. The van der Waals surface area contributed by atoms with Gasteiger partial charge in [-0.3, -0.25) is 4.98 Å². The van der Waals surface area contributed by atoms with Crippen molar-refractivity contribution in [2.24, 2.45) is 20.2 Å². The Balaban J connectivity index is 2.36. The van der Waals surface area contributed by atoms with Crippen molar-refractivity contribution in [2.75, 3.05) is 0 Å². The molecular weight excluding hydrogens is 174 g/mol. The quantitative estimate of drug-likeness (QED) is 0.595. The summed E-state index contributed by atoms with van der Waals surface area (Å²) in [5.41, 5.74) is 0.172. The van der Waals surface area contributed by atoms with Crippen LogP contribution in [0.15, 0.2) is 26.3 Å². The lowest BCUT2D eigenvalue weighted by atomic mass is 10.5. The van der Waals surface area contributed by atoms with Gasteiger partial charge >= 0.3 is 0 Å². The van der Waals surface area contributed by atoms with Crippen molar-refractivity contribution >= 4 is 18.0 Å². The lowest BCUT2D eigenvalue weighted by Gasteiger charge is -1.87. The fourth-order valence-corrected chi connectivity index (χ4v) is 0.844. The average molecular weight is 179 g/mol. The van der Waals surface area contributed by atoms with Crippen molar-refractivity contribution in [1.82, 2.24) is 4.98 Å². The van der Waals surface area contributed by atoms with E-state index >= 15 is 0 Å². The van der Waals surface area contributed by atoms with Crippen LogP contribution in [0.2, 0.25) is 0 Å². The van der Waals surface area contributed by atoms with Crippen molar-refractivity contribution in [3.8, 4) is 11.8 Å². The molecule has 1 aromatic heterocycles. The largest absolute Gasteiger partial charge is 0.494 e. The van der Waals surface area contributed by atoms with Gasteiger partial charge in [0.1, 0.15) is 12.0 Å². The van der Waals surface area contributed by atoms with Crippen molar-refractivity contribution in [3.63, 3.8) is 0 Å². The first-order valence-electron chi connectivity index (χ1n) is 3.39. The minimum Gasteiger partial charge on any atom is -0.494 e. The first-order valence-corrected chi connectivity index (χ1v) is 3.39. The molecule has 3 N–H and O–H groups in total. The van der Waals surface area contributed by atoms with Crippen LogP contribution in [0.5, 0.6) is 11.8 Å². The van der Waals surface area contributed by atoms with Crippen molar-refractivity contribution in [1.29, 1.82) is 0 Å². The number of aromatic hydroxyl groups is 2. The van der Waals surface area contributed by atoms with Crippen LogP contribution in [-0.4, -0.2) is 27.5 Å². The van der Waals surface area contributed by atoms with Gasteiger partial charge in [0.05, 0.1) is 0 Å². The number of rotatable bonds is 1. The molecule has 0 aliphatic carbocycles. The molecule has 0 unspecified atom stereocenters. The predicted molar refractivity (Wildman–Crippen MR) is 44.6 cm³/mol. The Kier molecular flexibility index (Phi) is 1.55. The number of H-pyrrole nitrogens is 1. The van der Waals surface area contributed by atoms with Gasteiger partial charge < -0.3 is 10.2 Å². The molecule has 0 atom stereocenters. The van der Waals surface area contributed by atoms with E-state index in [-0.39, 0.29) is 23.4 Å². The van der Waals surface area contributed by atoms with Crippen LogP contribution in [-0.2, 0) is 0 Å². The summed E-state index contributed by atoms with van der Waals surface area (Å²) in [6, 6.07) is 1.26. The molecule has 7 heteroatoms. The van der Waals surface area contributed by atoms with Crippen LogP contribution in [0.25, 0.3) is 0 Å². The van der Waals surface area contributed by atoms with Crippen LogP contribution in [0.3, 0.4) is 0 Å². The number of hydrogen-bond acceptors (Lipinski definition) is 4. The number of azo groups is 1. The molecule has 1 aliphatic heterocycles. The summed E-state index contributed by atoms with van der Waals surface area (Å²) < 4.78 is 0. The predicted octanol–water partition coefficient (Wildman–Crippen LogP) is 0.907. The summed E-state index contributed by atoms with van der Waals surface area (Å²) in [7, 11) is 0. The minimum atomic E-state index is -0.234. The normalized spacial score (nSPS) is 17.4. The van der Waals surface area contributed by atoms with Crippen LogP contribution >= 0.6 is 0 Å². The zero-order valence-corrected chi connectivity index (χ0v) is 6.34. The third-order valence-electron chi connectivity index (χ3n) is 1.36. The molecule has 0 amide bonds. The average Bonchev–Trinajstić information content (AvgIpc) is 2.63. The number of nitrogens with one attached hydrogen (secondary N) is 1. The molecule has 1 aliphatic rings. The maximum Gasteiger partial charge on any atom is 0.271 e. The first kappa shape index (κ1) is 7.47. The van der Waals surface area contributed by atoms with Gasteiger partial charge in [0.25, 0.3) is 5.96 Å². The second-order valence-corrected chi connectivity index (χ2v) is 2.26. The first-order chi connectivity index (χ1) is 6.25. The van der Waals surface area contributed by atoms with Crippen molar-refractivity contribution in [2.45, 2.75) is 0 Å². The molecule has 0 spiro atoms. The Morgan fingerprint density at radius 3 is 2.77 bits per heavy atom. The second kappa shape index (κ2) is 2.70. The number of guanidine groups is 1. The molecule has 13 heavy (non-hydrogen) atoms. The van der Waals surface area contributed by atoms with E-state index in [9.17, 15) is 0 Å². The Labute approximate surface area is 72.2 Å². The van der Waals surface area contributed by atoms with Crippen molar-refractivity contribution < 1.29 is 10.2 Å². The van der Waals surface area contributed by atoms with Crippen LogP contribution in [0.4, 0.5) is 5.69 Å². The number of aliphatic imine (C=N–C) groups is 2. The van der Waals surface area contributed by atoms with Crippen LogP contribution in [0.1, 0.15) is 0 Å². The zero-order valence-electron chi connectivity index (χ0n) is 6.34. The van der Waals surface area contributed by atoms with Gasteiger partial charge in [-0.25, -0.2) is 4.99 Å². The number of nitrogens with zero attached hydrogens (tertiary/aromatic N) is 4. The summed E-state index contributed by atoms with van der Waals surface area (Å²) >= 11 is 0. The molecule has 0 bridgehead atoms. The maximum atomic E-state index is 9.14. The van der Waals surface area contributed by atoms with Gasteiger partial charge in [0.2, 0.25) is 5.88 Å². The van der Waals surface area contributed by atoms with E-state index in [0.717, 1.165) is 0 Å². The molecule has 0 fully saturated rings. The van der Waals surface area contributed by atoms with E-state index in [1.807, 2.05) is 0 Å². The zero-order chi connectivity index (χ0) is 9.26. The van der Waals surface area contributed by atoms with Gasteiger partial charge in [-0.05, 0) is 0 Å². The standard InChI is InChI=1S/C6H5N5O2/c12-4-1-3(5(13)10-4)9-6-7-2-8-11-6/h1-2,10,12-13H. The molecule has 0 aromatic carbocycles. The summed E-state index contributed by atoms with van der Waals surface area (Å²) in [4.78, 5) is 9.72. The van der Waals surface area contributed by atoms with E-state index < -0.39 is 0 Å². The van der Waals surface area contributed by atoms with Crippen LogP contribution in [0, 0.1) is 0 Å². The number of aromatic nitrogens is 1. The summed E-state index contributed by atoms with van der Waals surface area (Å²) in [5.74, 6) is -0.271. The number of hydrogen-bond donors (Lipinski definition) is 3. The molecule has 1 aromatic rings. The van der Waals surface area contributed by atoms with Gasteiger partial charge in [-0.2, -0.15) is 4.99 Å². The van der Waals surface area contributed by atoms with E-state index in [4.69, 9.17) is 10.2 Å². The summed E-state index contributed by atoms with van der Waals surface area (Å²) in [6.07, 6.45) is 1.24. The maximum absolute atomic E-state index is 9.14. The lowest BCUT2D eigenvalue weighted by molar-refractivity contribution is 0.426. The van der Waals surface area contributed by atoms with Gasteiger partial charge in [-0.1, -0.05) is 0 Å². The van der Waals surface area contributed by atoms with E-state index in [1.54, 1.807) is 0 Å². The second-order valence-electron chi connectivity index (χ2n) is 2.26. The molecule has 7 nitrogen and oxygen atoms in total. The molecule has 66 valence electrons. The monoisotopic (exact) mass is 179 g/mol. The SMILES string of the molecule is Oc1cc(N=C2N=CN=N2)c(O)[nH]1. The van der Waals surface area contributed by atoms with Gasteiger partial charge in [0.15, 0.2) is 5.88 Å². The van der Waals surface area contributed by atoms with Gasteiger partial charge in [-0.15, -0.1) is 10.2 Å². The Bertz CT molecular complexity index is 403. The smallest absolute Gasteiger partial charge is 0.271 e. The highest BCUT2D eigenvalue weighted by molar-refractivity contribution is 5.93. The summed E-state index contributed by atoms with van der Waals surface area (Å²) in [5, 5.41) is 25.0. The van der Waals surface area contributed by atoms with Gasteiger partial charge in [0, 0.05) is 6.07 Å². The molecule has 2 heterocycles. The Hall–Kier alpha value is -2.18. The van der Waals surface area contributed by atoms with Crippen molar-refractivity contribution in [3.05, 3.63) is 6.07 Å². The topological polar surface area (TPSA) is 106 Å². The fraction of sp³-hybridized carbons (Fsp3) is 0. The third kappa shape index (κ3) is 1.39. The Morgan fingerprint density at radius 1 is 1.38 bits per heavy atom. The fourth-order valence-electron chi connectivity index (χ4n) is 0.844. The summed E-state index contributed by atoms with van der Waals surface area (Å²) in [6.45, 7) is 0. The minimum absolute atomic E-state index is 0.134. The van der Waals surface area contributed by atoms with Crippen LogP contribution < -0.4 is 0 Å². The lowest BCUT2D eigenvalue weighted by Crippen LogP contribution is -1.79. The molecule has 0 saturated carbocycles. The number of aromatic amines is 1. The Morgan fingerprint density at radius 2 is 2.23 bits per heavy atom.